The molecule has 2 N–H and O–H groups in total. The minimum atomic E-state index is -0.327. The summed E-state index contributed by atoms with van der Waals surface area (Å²) in [4.78, 5) is 12.7. The molecule has 0 bridgehead atoms. The number of nitrogens with zero attached hydrogens (tertiary/aromatic N) is 1. The van der Waals surface area contributed by atoms with E-state index in [1.165, 1.54) is 23.9 Å². The van der Waals surface area contributed by atoms with Gasteiger partial charge >= 0.3 is 0 Å². The zero-order valence-corrected chi connectivity index (χ0v) is 18.2. The molecule has 1 saturated heterocycles. The molecule has 2 aromatic rings. The Morgan fingerprint density at radius 2 is 2.30 bits per heavy atom. The lowest BCUT2D eigenvalue weighted by atomic mass is 10.1. The average molecular weight is 454 g/mol. The lowest BCUT2D eigenvalue weighted by Gasteiger charge is -2.10. The monoisotopic (exact) mass is 453 g/mol. The van der Waals surface area contributed by atoms with Gasteiger partial charge in [-0.1, -0.05) is 29.1 Å². The van der Waals surface area contributed by atoms with E-state index in [0.29, 0.717) is 33.7 Å². The van der Waals surface area contributed by atoms with E-state index in [1.54, 1.807) is 12.1 Å². The second-order valence-corrected chi connectivity index (χ2v) is 8.28. The summed E-state index contributed by atoms with van der Waals surface area (Å²) in [5.41, 5.74) is 1.35. The van der Waals surface area contributed by atoms with Crippen LogP contribution in [0.4, 0.5) is 4.39 Å². The molecular formula is C20H24FN3O4S2. The van der Waals surface area contributed by atoms with E-state index in [4.69, 9.17) is 26.2 Å². The van der Waals surface area contributed by atoms with E-state index in [0.717, 1.165) is 19.5 Å². The quantitative estimate of drug-likeness (QED) is 0.561. The Bertz CT molecular complexity index is 871. The molecular weight excluding hydrogens is 429 g/mol. The summed E-state index contributed by atoms with van der Waals surface area (Å²) in [6.07, 6.45) is 2.83. The molecule has 1 aromatic carbocycles. The van der Waals surface area contributed by atoms with Gasteiger partial charge in [0.25, 0.3) is 5.91 Å². The molecule has 0 radical (unpaired) electrons. The normalized spacial score (nSPS) is 15.9. The van der Waals surface area contributed by atoms with E-state index in [9.17, 15) is 9.18 Å². The summed E-state index contributed by atoms with van der Waals surface area (Å²) in [5, 5.41) is 10.1. The van der Waals surface area contributed by atoms with Crippen LogP contribution in [-0.2, 0) is 29.3 Å². The van der Waals surface area contributed by atoms with Crippen molar-refractivity contribution >= 4 is 34.3 Å². The molecule has 2 heterocycles. The molecule has 1 fully saturated rings. The van der Waals surface area contributed by atoms with E-state index >= 15 is 0 Å². The summed E-state index contributed by atoms with van der Waals surface area (Å²) >= 11 is 6.38. The predicted molar refractivity (Wildman–Crippen MR) is 116 cm³/mol. The maximum Gasteiger partial charge on any atom is 0.273 e. The number of rotatable bonds is 9. The lowest BCUT2D eigenvalue weighted by Crippen LogP contribution is -2.31. The Morgan fingerprint density at radius 1 is 1.43 bits per heavy atom. The van der Waals surface area contributed by atoms with Crippen molar-refractivity contribution in [3.05, 3.63) is 52.7 Å². The Hall–Kier alpha value is -2.01. The number of hydrogen-bond acceptors (Lipinski definition) is 8. The Labute approximate surface area is 184 Å². The van der Waals surface area contributed by atoms with Crippen molar-refractivity contribution in [2.24, 2.45) is 5.92 Å². The molecule has 1 unspecified atom stereocenters. The standard InChI is InChI=1S/C20H24FN3O4S2/c1-30-20(29)27-11-16-17(12-26-10-13-3-2-4-15(21)7-13)28-24-18(16)19(25)23-9-14-5-6-22-8-14/h2-4,7,14,22H,5-6,8-12H2,1H3,(H,23,25). The third-order valence-electron chi connectivity index (χ3n) is 4.69. The molecule has 1 atom stereocenters. The van der Waals surface area contributed by atoms with Crippen molar-refractivity contribution in [2.45, 2.75) is 26.2 Å². The van der Waals surface area contributed by atoms with E-state index in [2.05, 4.69) is 15.8 Å². The Morgan fingerprint density at radius 3 is 3.03 bits per heavy atom. The fourth-order valence-corrected chi connectivity index (χ4v) is 3.31. The van der Waals surface area contributed by atoms with Crippen molar-refractivity contribution in [1.29, 1.82) is 0 Å². The first-order valence-electron chi connectivity index (χ1n) is 9.56. The Kier molecular flexibility index (Phi) is 8.61. The number of carbonyl (C=O) groups excluding carboxylic acids is 1. The molecule has 3 rings (SSSR count). The molecule has 10 heteroatoms. The second kappa shape index (κ2) is 11.4. The number of carbonyl (C=O) groups is 1. The first-order valence-corrected chi connectivity index (χ1v) is 11.2. The maximum absolute atomic E-state index is 13.3. The average Bonchev–Trinajstić information content (AvgIpc) is 3.40. The highest BCUT2D eigenvalue weighted by molar-refractivity contribution is 8.22. The van der Waals surface area contributed by atoms with E-state index < -0.39 is 0 Å². The highest BCUT2D eigenvalue weighted by Crippen LogP contribution is 2.19. The largest absolute Gasteiger partial charge is 0.473 e. The summed E-state index contributed by atoms with van der Waals surface area (Å²) < 4.78 is 30.2. The van der Waals surface area contributed by atoms with Gasteiger partial charge in [0, 0.05) is 6.54 Å². The van der Waals surface area contributed by atoms with Gasteiger partial charge in [-0.3, -0.25) is 4.79 Å². The molecule has 1 amide bonds. The number of ether oxygens (including phenoxy) is 2. The smallest absolute Gasteiger partial charge is 0.273 e. The molecule has 0 aliphatic carbocycles. The summed E-state index contributed by atoms with van der Waals surface area (Å²) in [6, 6.07) is 6.16. The van der Waals surface area contributed by atoms with Gasteiger partial charge in [-0.05, 0) is 61.6 Å². The zero-order valence-electron chi connectivity index (χ0n) is 16.6. The van der Waals surface area contributed by atoms with E-state index in [1.807, 2.05) is 6.26 Å². The third kappa shape index (κ3) is 6.49. The van der Waals surface area contributed by atoms with E-state index in [-0.39, 0.29) is 37.2 Å². The fraction of sp³-hybridized carbons (Fsp3) is 0.450. The zero-order chi connectivity index (χ0) is 21.3. The van der Waals surface area contributed by atoms with Gasteiger partial charge in [0.1, 0.15) is 19.0 Å². The Balaban J connectivity index is 1.64. The van der Waals surface area contributed by atoms with Crippen LogP contribution in [-0.4, -0.2) is 41.3 Å². The number of benzene rings is 1. The van der Waals surface area contributed by atoms with Crippen molar-refractivity contribution < 1.29 is 23.2 Å². The molecule has 0 saturated carbocycles. The minimum Gasteiger partial charge on any atom is -0.473 e. The van der Waals surface area contributed by atoms with Crippen LogP contribution < -0.4 is 10.6 Å². The third-order valence-corrected chi connectivity index (χ3v) is 5.76. The maximum atomic E-state index is 13.3. The van der Waals surface area contributed by atoms with Crippen molar-refractivity contribution in [2.75, 3.05) is 25.9 Å². The van der Waals surface area contributed by atoms with Gasteiger partial charge in [-0.2, -0.15) is 0 Å². The van der Waals surface area contributed by atoms with Crippen molar-refractivity contribution in [1.82, 2.24) is 15.8 Å². The topological polar surface area (TPSA) is 85.6 Å². The van der Waals surface area contributed by atoms with Crippen LogP contribution in [0.25, 0.3) is 0 Å². The van der Waals surface area contributed by atoms with Crippen LogP contribution in [0.1, 0.15) is 33.8 Å². The highest BCUT2D eigenvalue weighted by Gasteiger charge is 2.24. The van der Waals surface area contributed by atoms with Crippen LogP contribution in [0.15, 0.2) is 28.8 Å². The van der Waals surface area contributed by atoms with Gasteiger partial charge in [0.2, 0.25) is 4.38 Å². The number of amides is 1. The molecule has 7 nitrogen and oxygen atoms in total. The first kappa shape index (κ1) is 22.7. The van der Waals surface area contributed by atoms with Crippen LogP contribution in [0, 0.1) is 11.7 Å². The molecule has 162 valence electrons. The lowest BCUT2D eigenvalue weighted by molar-refractivity contribution is 0.0863. The number of thioether (sulfide) groups is 1. The molecule has 1 aliphatic heterocycles. The van der Waals surface area contributed by atoms with Gasteiger partial charge < -0.3 is 24.6 Å². The van der Waals surface area contributed by atoms with Gasteiger partial charge in [0.15, 0.2) is 11.5 Å². The van der Waals surface area contributed by atoms with Crippen LogP contribution in [0.2, 0.25) is 0 Å². The molecule has 1 aromatic heterocycles. The number of thiocarbonyl (C=S) groups is 1. The molecule has 0 spiro atoms. The van der Waals surface area contributed by atoms with Gasteiger partial charge in [-0.15, -0.1) is 0 Å². The minimum absolute atomic E-state index is 0.0512. The molecule has 1 aliphatic rings. The summed E-state index contributed by atoms with van der Waals surface area (Å²) in [7, 11) is 0. The number of hydrogen-bond donors (Lipinski definition) is 2. The van der Waals surface area contributed by atoms with Gasteiger partial charge in [0.05, 0.1) is 12.2 Å². The van der Waals surface area contributed by atoms with Crippen LogP contribution in [0.3, 0.4) is 0 Å². The van der Waals surface area contributed by atoms with Crippen molar-refractivity contribution in [3.63, 3.8) is 0 Å². The first-order chi connectivity index (χ1) is 14.6. The summed E-state index contributed by atoms with van der Waals surface area (Å²) in [6.45, 7) is 2.72. The number of nitrogens with one attached hydrogen (secondary N) is 2. The molecule has 30 heavy (non-hydrogen) atoms. The number of aromatic nitrogens is 1. The van der Waals surface area contributed by atoms with Crippen LogP contribution >= 0.6 is 24.0 Å². The van der Waals surface area contributed by atoms with Gasteiger partial charge in [-0.25, -0.2) is 4.39 Å². The number of halogens is 1. The van der Waals surface area contributed by atoms with Crippen LogP contribution in [0.5, 0.6) is 0 Å². The second-order valence-electron chi connectivity index (χ2n) is 6.87. The van der Waals surface area contributed by atoms with Crippen molar-refractivity contribution in [3.8, 4) is 0 Å². The summed E-state index contributed by atoms with van der Waals surface area (Å²) in [5.74, 6) is 0.129. The highest BCUT2D eigenvalue weighted by atomic mass is 32.2. The fourth-order valence-electron chi connectivity index (χ4n) is 3.07. The predicted octanol–water partition coefficient (Wildman–Crippen LogP) is 3.03. The SMILES string of the molecule is CSC(=S)OCc1c(C(=O)NCC2CCNC2)noc1COCc1cccc(F)c1.